The molecule has 0 saturated heterocycles. The zero-order valence-electron chi connectivity index (χ0n) is 16.1. The summed E-state index contributed by atoms with van der Waals surface area (Å²) >= 11 is 1.53. The predicted octanol–water partition coefficient (Wildman–Crippen LogP) is 3.63. The third kappa shape index (κ3) is 5.35. The van der Waals surface area contributed by atoms with Crippen LogP contribution in [0.25, 0.3) is 11.3 Å². The Hall–Kier alpha value is -2.87. The van der Waals surface area contributed by atoms with Crippen molar-refractivity contribution in [1.29, 1.82) is 0 Å². The van der Waals surface area contributed by atoms with E-state index in [4.69, 9.17) is 0 Å². The number of thiophene rings is 1. The van der Waals surface area contributed by atoms with Gasteiger partial charge in [0.05, 0.1) is 24.7 Å². The lowest BCUT2D eigenvalue weighted by atomic mass is 10.0. The van der Waals surface area contributed by atoms with Crippen LogP contribution >= 0.6 is 11.3 Å². The second kappa shape index (κ2) is 9.09. The van der Waals surface area contributed by atoms with Crippen molar-refractivity contribution in [1.82, 2.24) is 15.1 Å². The Morgan fingerprint density at radius 3 is 2.62 bits per heavy atom. The first-order valence-corrected chi connectivity index (χ1v) is 10.1. The molecule has 8 heteroatoms. The maximum absolute atomic E-state index is 13.5. The van der Waals surface area contributed by atoms with Crippen LogP contribution in [0.5, 0.6) is 0 Å². The van der Waals surface area contributed by atoms with E-state index in [1.165, 1.54) is 34.2 Å². The molecule has 0 bridgehead atoms. The summed E-state index contributed by atoms with van der Waals surface area (Å²) in [6, 6.07) is 7.83. The summed E-state index contributed by atoms with van der Waals surface area (Å²) in [5, 5.41) is 11.1. The van der Waals surface area contributed by atoms with Crippen molar-refractivity contribution in [3.05, 3.63) is 74.7 Å². The molecule has 0 spiro atoms. The summed E-state index contributed by atoms with van der Waals surface area (Å²) in [4.78, 5) is 24.6. The third-order valence-corrected chi connectivity index (χ3v) is 5.28. The molecule has 2 aromatic heterocycles. The molecule has 0 fully saturated rings. The summed E-state index contributed by atoms with van der Waals surface area (Å²) in [6.45, 7) is 4.06. The van der Waals surface area contributed by atoms with Gasteiger partial charge in [-0.2, -0.15) is 16.4 Å². The second-order valence-corrected chi connectivity index (χ2v) is 7.87. The highest BCUT2D eigenvalue weighted by atomic mass is 32.1. The molecule has 0 saturated carbocycles. The van der Waals surface area contributed by atoms with Crippen LogP contribution in [0.3, 0.4) is 0 Å². The van der Waals surface area contributed by atoms with Gasteiger partial charge in [0, 0.05) is 11.6 Å². The smallest absolute Gasteiger partial charge is 0.266 e. The maximum Gasteiger partial charge on any atom is 0.266 e. The number of rotatable bonds is 7. The fraction of sp³-hybridized carbons (Fsp3) is 0.286. The molecule has 3 rings (SSSR count). The van der Waals surface area contributed by atoms with E-state index >= 15 is 0 Å². The van der Waals surface area contributed by atoms with Gasteiger partial charge >= 0.3 is 0 Å². The predicted molar refractivity (Wildman–Crippen MR) is 109 cm³/mol. The molecule has 29 heavy (non-hydrogen) atoms. The van der Waals surface area contributed by atoms with Crippen LogP contribution in [0.15, 0.2) is 52.0 Å². The van der Waals surface area contributed by atoms with Gasteiger partial charge in [0.15, 0.2) is 11.6 Å². The number of nitrogens with one attached hydrogen (secondary N) is 1. The highest BCUT2D eigenvalue weighted by Gasteiger charge is 2.19. The maximum atomic E-state index is 13.5. The first-order chi connectivity index (χ1) is 13.8. The Balaban J connectivity index is 1.79. The van der Waals surface area contributed by atoms with Crippen molar-refractivity contribution in [2.45, 2.75) is 32.9 Å². The normalized spacial score (nSPS) is 12.2. The lowest BCUT2D eigenvalue weighted by Gasteiger charge is -2.23. The van der Waals surface area contributed by atoms with Gasteiger partial charge in [0.2, 0.25) is 5.91 Å². The molecule has 1 amide bonds. The summed E-state index contributed by atoms with van der Waals surface area (Å²) in [7, 11) is 0. The summed E-state index contributed by atoms with van der Waals surface area (Å²) in [5.41, 5.74) is 1.30. The van der Waals surface area contributed by atoms with Crippen LogP contribution in [0.2, 0.25) is 0 Å². The largest absolute Gasteiger partial charge is 0.351 e. The molecule has 0 radical (unpaired) electrons. The number of benzene rings is 1. The Labute approximate surface area is 171 Å². The number of amides is 1. The van der Waals surface area contributed by atoms with Crippen molar-refractivity contribution in [2.75, 3.05) is 0 Å². The molecule has 0 unspecified atom stereocenters. The van der Waals surface area contributed by atoms with Gasteiger partial charge in [-0.15, -0.1) is 0 Å². The SMILES string of the molecule is CC(C)[C@H](Cn1nc(-c2ccc(F)c(F)c2)ccc1=O)NC(=O)Cc1ccsc1. The molecule has 1 atom stereocenters. The van der Waals surface area contributed by atoms with E-state index in [1.807, 2.05) is 30.7 Å². The van der Waals surface area contributed by atoms with Crippen molar-refractivity contribution < 1.29 is 13.6 Å². The fourth-order valence-corrected chi connectivity index (χ4v) is 3.50. The Kier molecular flexibility index (Phi) is 6.53. The minimum atomic E-state index is -0.984. The lowest BCUT2D eigenvalue weighted by molar-refractivity contribution is -0.121. The molecule has 0 aliphatic carbocycles. The molecular weight excluding hydrogens is 396 g/mol. The first-order valence-electron chi connectivity index (χ1n) is 9.17. The minimum Gasteiger partial charge on any atom is -0.351 e. The van der Waals surface area contributed by atoms with E-state index < -0.39 is 11.6 Å². The molecular formula is C21H21F2N3O2S. The summed E-state index contributed by atoms with van der Waals surface area (Å²) < 4.78 is 28.0. The van der Waals surface area contributed by atoms with E-state index in [-0.39, 0.29) is 36.4 Å². The zero-order chi connectivity index (χ0) is 21.0. The standard InChI is InChI=1S/C21H21F2N3O2S/c1-13(2)19(24-20(27)9-14-7-8-29-12-14)11-26-21(28)6-5-18(25-26)15-3-4-16(22)17(23)10-15/h3-8,10,12-13,19H,9,11H2,1-2H3,(H,24,27)/t19-/m0/s1. The summed E-state index contributed by atoms with van der Waals surface area (Å²) in [6.07, 6.45) is 0.268. The first kappa shape index (κ1) is 20.9. The van der Waals surface area contributed by atoms with Crippen LogP contribution in [0.4, 0.5) is 8.78 Å². The molecule has 152 valence electrons. The van der Waals surface area contributed by atoms with E-state index in [0.717, 1.165) is 17.7 Å². The van der Waals surface area contributed by atoms with Crippen LogP contribution < -0.4 is 10.9 Å². The third-order valence-electron chi connectivity index (χ3n) is 4.55. The Morgan fingerprint density at radius 1 is 1.17 bits per heavy atom. The monoisotopic (exact) mass is 417 g/mol. The number of nitrogens with zero attached hydrogens (tertiary/aromatic N) is 2. The van der Waals surface area contributed by atoms with Crippen LogP contribution in [0.1, 0.15) is 19.4 Å². The average molecular weight is 417 g/mol. The zero-order valence-corrected chi connectivity index (χ0v) is 16.9. The molecule has 0 aliphatic rings. The molecule has 2 heterocycles. The number of carbonyl (C=O) groups is 1. The van der Waals surface area contributed by atoms with Crippen molar-refractivity contribution in [3.63, 3.8) is 0 Å². The van der Waals surface area contributed by atoms with Crippen LogP contribution in [-0.4, -0.2) is 21.7 Å². The number of halogens is 2. The van der Waals surface area contributed by atoms with Crippen LogP contribution in [0, 0.1) is 17.6 Å². The van der Waals surface area contributed by atoms with Crippen molar-refractivity contribution >= 4 is 17.2 Å². The van der Waals surface area contributed by atoms with Gasteiger partial charge in [-0.1, -0.05) is 13.8 Å². The Morgan fingerprint density at radius 2 is 1.97 bits per heavy atom. The number of hydrogen-bond acceptors (Lipinski definition) is 4. The number of hydrogen-bond donors (Lipinski definition) is 1. The van der Waals surface area contributed by atoms with E-state index in [0.29, 0.717) is 11.3 Å². The van der Waals surface area contributed by atoms with E-state index in [2.05, 4.69) is 10.4 Å². The van der Waals surface area contributed by atoms with Crippen molar-refractivity contribution in [3.8, 4) is 11.3 Å². The Bertz CT molecular complexity index is 1050. The highest BCUT2D eigenvalue weighted by Crippen LogP contribution is 2.18. The molecule has 1 N–H and O–H groups in total. The van der Waals surface area contributed by atoms with E-state index in [1.54, 1.807) is 0 Å². The molecule has 5 nitrogen and oxygen atoms in total. The van der Waals surface area contributed by atoms with Gasteiger partial charge in [0.25, 0.3) is 5.56 Å². The summed E-state index contributed by atoms with van der Waals surface area (Å²) in [5.74, 6) is -2.01. The van der Waals surface area contributed by atoms with Gasteiger partial charge in [-0.05, 0) is 52.6 Å². The lowest BCUT2D eigenvalue weighted by Crippen LogP contribution is -2.44. The molecule has 1 aromatic carbocycles. The highest BCUT2D eigenvalue weighted by molar-refractivity contribution is 7.08. The number of carbonyl (C=O) groups excluding carboxylic acids is 1. The van der Waals surface area contributed by atoms with Crippen LogP contribution in [-0.2, 0) is 17.8 Å². The fourth-order valence-electron chi connectivity index (χ4n) is 2.84. The second-order valence-electron chi connectivity index (χ2n) is 7.09. The van der Waals surface area contributed by atoms with Gasteiger partial charge in [-0.3, -0.25) is 9.59 Å². The molecule has 0 aliphatic heterocycles. The van der Waals surface area contributed by atoms with Gasteiger partial charge in [-0.25, -0.2) is 13.5 Å². The average Bonchev–Trinajstić information content (AvgIpc) is 3.18. The topological polar surface area (TPSA) is 64.0 Å². The molecule has 3 aromatic rings. The number of aromatic nitrogens is 2. The quantitative estimate of drug-likeness (QED) is 0.639. The van der Waals surface area contributed by atoms with E-state index in [9.17, 15) is 18.4 Å². The van der Waals surface area contributed by atoms with Gasteiger partial charge < -0.3 is 5.32 Å². The van der Waals surface area contributed by atoms with Gasteiger partial charge in [0.1, 0.15) is 0 Å². The minimum absolute atomic E-state index is 0.0575. The van der Waals surface area contributed by atoms with Crippen molar-refractivity contribution in [2.24, 2.45) is 5.92 Å².